The van der Waals surface area contributed by atoms with Crippen molar-refractivity contribution in [1.82, 2.24) is 9.78 Å². The monoisotopic (exact) mass is 361 g/mol. The fourth-order valence-electron chi connectivity index (χ4n) is 1.94. The number of thiophene rings is 1. The minimum Gasteiger partial charge on any atom is -0.306 e. The van der Waals surface area contributed by atoms with Gasteiger partial charge in [0.15, 0.2) is 0 Å². The molecule has 2 heterocycles. The van der Waals surface area contributed by atoms with Gasteiger partial charge in [-0.2, -0.15) is 5.10 Å². The van der Waals surface area contributed by atoms with Crippen LogP contribution >= 0.6 is 27.3 Å². The summed E-state index contributed by atoms with van der Waals surface area (Å²) < 4.78 is 2.71. The van der Waals surface area contributed by atoms with Gasteiger partial charge in [0, 0.05) is 6.07 Å². The largest absolute Gasteiger partial charge is 0.306 e. The second-order valence-corrected chi connectivity index (χ2v) is 6.88. The Morgan fingerprint density at radius 3 is 2.71 bits per heavy atom. The number of anilines is 1. The number of aromatic nitrogens is 2. The van der Waals surface area contributed by atoms with Gasteiger partial charge in [0.1, 0.15) is 5.82 Å². The lowest BCUT2D eigenvalue weighted by Crippen LogP contribution is -2.15. The molecule has 0 unspecified atom stereocenters. The molecule has 21 heavy (non-hydrogen) atoms. The standard InChI is InChI=1S/C15H12BrN3OS/c16-13-7-6-12(21-13)15(20)18-14-8-9-17-19(14)10-11-4-2-1-3-5-11/h1-9H,10H2,(H,18,20). The molecule has 0 atom stereocenters. The Morgan fingerprint density at radius 1 is 1.19 bits per heavy atom. The number of carbonyl (C=O) groups excluding carboxylic acids is 1. The molecular weight excluding hydrogens is 350 g/mol. The van der Waals surface area contributed by atoms with E-state index in [2.05, 4.69) is 26.3 Å². The van der Waals surface area contributed by atoms with Crippen LogP contribution in [0.25, 0.3) is 0 Å². The third-order valence-electron chi connectivity index (χ3n) is 2.93. The van der Waals surface area contributed by atoms with Gasteiger partial charge >= 0.3 is 0 Å². The molecular formula is C15H12BrN3OS. The Hall–Kier alpha value is -1.92. The van der Waals surface area contributed by atoms with Gasteiger partial charge in [0.2, 0.25) is 0 Å². The lowest BCUT2D eigenvalue weighted by atomic mass is 10.2. The molecule has 3 aromatic rings. The summed E-state index contributed by atoms with van der Waals surface area (Å²) in [7, 11) is 0. The van der Waals surface area contributed by atoms with Crippen LogP contribution in [-0.2, 0) is 6.54 Å². The van der Waals surface area contributed by atoms with Crippen LogP contribution in [0.15, 0.2) is 58.5 Å². The molecule has 1 aromatic carbocycles. The number of rotatable bonds is 4. The molecule has 0 aliphatic carbocycles. The highest BCUT2D eigenvalue weighted by molar-refractivity contribution is 9.11. The summed E-state index contributed by atoms with van der Waals surface area (Å²) >= 11 is 4.76. The van der Waals surface area contributed by atoms with E-state index in [1.54, 1.807) is 23.0 Å². The number of nitrogens with one attached hydrogen (secondary N) is 1. The molecule has 0 aliphatic heterocycles. The fraction of sp³-hybridized carbons (Fsp3) is 0.0667. The van der Waals surface area contributed by atoms with Crippen LogP contribution < -0.4 is 5.32 Å². The zero-order valence-corrected chi connectivity index (χ0v) is 13.4. The smallest absolute Gasteiger partial charge is 0.266 e. The van der Waals surface area contributed by atoms with Gasteiger partial charge in [0.05, 0.1) is 21.4 Å². The summed E-state index contributed by atoms with van der Waals surface area (Å²) in [5, 5.41) is 7.15. The number of hydrogen-bond donors (Lipinski definition) is 1. The Morgan fingerprint density at radius 2 is 2.00 bits per heavy atom. The molecule has 0 fully saturated rings. The maximum Gasteiger partial charge on any atom is 0.266 e. The van der Waals surface area contributed by atoms with Crippen molar-refractivity contribution >= 4 is 39.0 Å². The molecule has 2 aromatic heterocycles. The second kappa shape index (κ2) is 6.24. The maximum absolute atomic E-state index is 12.2. The molecule has 0 saturated heterocycles. The van der Waals surface area contributed by atoms with Gasteiger partial charge in [0.25, 0.3) is 5.91 Å². The van der Waals surface area contributed by atoms with Gasteiger partial charge in [-0.25, -0.2) is 4.68 Å². The van der Waals surface area contributed by atoms with Crippen molar-refractivity contribution in [2.24, 2.45) is 0 Å². The average molecular weight is 362 g/mol. The van der Waals surface area contributed by atoms with Gasteiger partial charge in [-0.3, -0.25) is 4.79 Å². The van der Waals surface area contributed by atoms with E-state index in [-0.39, 0.29) is 5.91 Å². The van der Waals surface area contributed by atoms with Crippen LogP contribution in [0, 0.1) is 0 Å². The zero-order valence-electron chi connectivity index (χ0n) is 11.0. The van der Waals surface area contributed by atoms with E-state index in [9.17, 15) is 4.79 Å². The molecule has 0 aliphatic rings. The van der Waals surface area contributed by atoms with Crippen molar-refractivity contribution in [2.75, 3.05) is 5.32 Å². The van der Waals surface area contributed by atoms with Gasteiger partial charge in [-0.1, -0.05) is 30.3 Å². The molecule has 106 valence electrons. The number of amides is 1. The summed E-state index contributed by atoms with van der Waals surface area (Å²) in [6.07, 6.45) is 1.68. The Labute approximate surface area is 134 Å². The SMILES string of the molecule is O=C(Nc1ccnn1Cc1ccccc1)c1ccc(Br)s1. The molecule has 0 radical (unpaired) electrons. The predicted octanol–water partition coefficient (Wildman–Crippen LogP) is 4.01. The number of benzene rings is 1. The van der Waals surface area contributed by atoms with Crippen LogP contribution in [0.1, 0.15) is 15.2 Å². The first-order valence-electron chi connectivity index (χ1n) is 6.35. The number of carbonyl (C=O) groups is 1. The minimum atomic E-state index is -0.125. The molecule has 3 rings (SSSR count). The average Bonchev–Trinajstić information content (AvgIpc) is 3.10. The van der Waals surface area contributed by atoms with E-state index in [1.165, 1.54) is 11.3 Å². The van der Waals surface area contributed by atoms with E-state index in [4.69, 9.17) is 0 Å². The Bertz CT molecular complexity index is 751. The lowest BCUT2D eigenvalue weighted by Gasteiger charge is -2.08. The maximum atomic E-state index is 12.2. The molecule has 1 amide bonds. The lowest BCUT2D eigenvalue weighted by molar-refractivity contribution is 0.102. The van der Waals surface area contributed by atoms with Crippen LogP contribution in [0.4, 0.5) is 5.82 Å². The van der Waals surface area contributed by atoms with Gasteiger partial charge < -0.3 is 5.32 Å². The van der Waals surface area contributed by atoms with E-state index in [1.807, 2.05) is 36.4 Å². The normalized spacial score (nSPS) is 10.5. The molecule has 0 bridgehead atoms. The van der Waals surface area contributed by atoms with Crippen LogP contribution in [-0.4, -0.2) is 15.7 Å². The molecule has 0 saturated carbocycles. The minimum absolute atomic E-state index is 0.125. The summed E-state index contributed by atoms with van der Waals surface area (Å²) in [6.45, 7) is 0.623. The second-order valence-electron chi connectivity index (χ2n) is 4.42. The summed E-state index contributed by atoms with van der Waals surface area (Å²) in [5.74, 6) is 0.564. The van der Waals surface area contributed by atoms with Crippen molar-refractivity contribution in [3.05, 3.63) is 69.0 Å². The first kappa shape index (κ1) is 14.0. The van der Waals surface area contributed by atoms with E-state index >= 15 is 0 Å². The highest BCUT2D eigenvalue weighted by Gasteiger charge is 2.11. The van der Waals surface area contributed by atoms with Gasteiger partial charge in [-0.15, -0.1) is 11.3 Å². The number of hydrogen-bond acceptors (Lipinski definition) is 3. The predicted molar refractivity (Wildman–Crippen MR) is 87.7 cm³/mol. The van der Waals surface area contributed by atoms with Crippen molar-refractivity contribution in [3.8, 4) is 0 Å². The van der Waals surface area contributed by atoms with E-state index in [0.29, 0.717) is 17.2 Å². The first-order chi connectivity index (χ1) is 10.2. The van der Waals surface area contributed by atoms with Crippen molar-refractivity contribution in [1.29, 1.82) is 0 Å². The van der Waals surface area contributed by atoms with E-state index < -0.39 is 0 Å². The summed E-state index contributed by atoms with van der Waals surface area (Å²) in [4.78, 5) is 12.8. The van der Waals surface area contributed by atoms with Crippen LogP contribution in [0.5, 0.6) is 0 Å². The van der Waals surface area contributed by atoms with Crippen LogP contribution in [0.2, 0.25) is 0 Å². The van der Waals surface area contributed by atoms with Crippen molar-refractivity contribution in [2.45, 2.75) is 6.54 Å². The molecule has 6 heteroatoms. The Kier molecular flexibility index (Phi) is 4.17. The highest BCUT2D eigenvalue weighted by Crippen LogP contribution is 2.23. The van der Waals surface area contributed by atoms with Crippen LogP contribution in [0.3, 0.4) is 0 Å². The van der Waals surface area contributed by atoms with Crippen molar-refractivity contribution in [3.63, 3.8) is 0 Å². The first-order valence-corrected chi connectivity index (χ1v) is 7.96. The molecule has 0 spiro atoms. The summed E-state index contributed by atoms with van der Waals surface area (Å²) in [6, 6.07) is 15.5. The third kappa shape index (κ3) is 3.40. The quantitative estimate of drug-likeness (QED) is 0.762. The number of halogens is 1. The Balaban J connectivity index is 1.75. The fourth-order valence-corrected chi connectivity index (χ4v) is 3.22. The number of nitrogens with zero attached hydrogens (tertiary/aromatic N) is 2. The molecule has 1 N–H and O–H groups in total. The third-order valence-corrected chi connectivity index (χ3v) is 4.55. The topological polar surface area (TPSA) is 46.9 Å². The van der Waals surface area contributed by atoms with Gasteiger partial charge in [-0.05, 0) is 33.6 Å². The zero-order chi connectivity index (χ0) is 14.7. The summed E-state index contributed by atoms with van der Waals surface area (Å²) in [5.41, 5.74) is 1.13. The van der Waals surface area contributed by atoms with Crippen molar-refractivity contribution < 1.29 is 4.79 Å². The molecule has 4 nitrogen and oxygen atoms in total. The highest BCUT2D eigenvalue weighted by atomic mass is 79.9. The van der Waals surface area contributed by atoms with E-state index in [0.717, 1.165) is 9.35 Å².